The van der Waals surface area contributed by atoms with E-state index >= 15 is 0 Å². The zero-order valence-corrected chi connectivity index (χ0v) is 12.0. The highest BCUT2D eigenvalue weighted by molar-refractivity contribution is 5.94. The number of carbonyl (C=O) groups excluding carboxylic acids is 1. The zero-order valence-electron chi connectivity index (χ0n) is 12.0. The summed E-state index contributed by atoms with van der Waals surface area (Å²) in [6, 6.07) is 7.33. The monoisotopic (exact) mass is 270 g/mol. The molecule has 0 aliphatic heterocycles. The molecule has 0 fully saturated rings. The SMILES string of the molecule is CCOC(=O)c1cc2c(C#CCC(C)C)cccc2o1. The highest BCUT2D eigenvalue weighted by Gasteiger charge is 2.14. The summed E-state index contributed by atoms with van der Waals surface area (Å²) in [4.78, 5) is 11.7. The summed E-state index contributed by atoms with van der Waals surface area (Å²) in [5.74, 6) is 6.62. The van der Waals surface area contributed by atoms with Gasteiger partial charge < -0.3 is 9.15 Å². The smallest absolute Gasteiger partial charge is 0.374 e. The highest BCUT2D eigenvalue weighted by Crippen LogP contribution is 2.23. The second kappa shape index (κ2) is 6.29. The first-order valence-corrected chi connectivity index (χ1v) is 6.80. The van der Waals surface area contributed by atoms with E-state index in [-0.39, 0.29) is 5.76 Å². The van der Waals surface area contributed by atoms with Gasteiger partial charge in [0, 0.05) is 23.4 Å². The van der Waals surface area contributed by atoms with Crippen molar-refractivity contribution in [1.82, 2.24) is 0 Å². The lowest BCUT2D eigenvalue weighted by Gasteiger charge is -1.95. The molecule has 0 amide bonds. The maximum Gasteiger partial charge on any atom is 0.374 e. The van der Waals surface area contributed by atoms with Gasteiger partial charge in [0.05, 0.1) is 6.61 Å². The van der Waals surface area contributed by atoms with Crippen molar-refractivity contribution < 1.29 is 13.9 Å². The van der Waals surface area contributed by atoms with E-state index in [9.17, 15) is 4.79 Å². The minimum Gasteiger partial charge on any atom is -0.460 e. The molecule has 0 radical (unpaired) electrons. The van der Waals surface area contributed by atoms with Gasteiger partial charge in [0.2, 0.25) is 5.76 Å². The summed E-state index contributed by atoms with van der Waals surface area (Å²) < 4.78 is 10.4. The van der Waals surface area contributed by atoms with Crippen LogP contribution in [-0.2, 0) is 4.74 Å². The molecule has 0 atom stereocenters. The Morgan fingerprint density at radius 1 is 1.40 bits per heavy atom. The number of hydrogen-bond donors (Lipinski definition) is 0. The van der Waals surface area contributed by atoms with Crippen LogP contribution in [0, 0.1) is 17.8 Å². The molecule has 3 heteroatoms. The molecule has 0 unspecified atom stereocenters. The van der Waals surface area contributed by atoms with E-state index in [0.717, 1.165) is 17.4 Å². The van der Waals surface area contributed by atoms with Crippen LogP contribution in [0.1, 0.15) is 43.3 Å². The van der Waals surface area contributed by atoms with Gasteiger partial charge >= 0.3 is 5.97 Å². The number of benzene rings is 1. The predicted molar refractivity (Wildman–Crippen MR) is 78.5 cm³/mol. The zero-order chi connectivity index (χ0) is 14.5. The molecule has 3 nitrogen and oxygen atoms in total. The Bertz CT molecular complexity index is 668. The van der Waals surface area contributed by atoms with Gasteiger partial charge in [-0.1, -0.05) is 31.8 Å². The van der Waals surface area contributed by atoms with Gasteiger partial charge in [0.1, 0.15) is 5.58 Å². The molecule has 0 N–H and O–H groups in total. The van der Waals surface area contributed by atoms with E-state index < -0.39 is 5.97 Å². The summed E-state index contributed by atoms with van der Waals surface area (Å²) in [5, 5.41) is 0.854. The third-order valence-corrected chi connectivity index (χ3v) is 2.77. The van der Waals surface area contributed by atoms with Crippen molar-refractivity contribution in [3.05, 3.63) is 35.6 Å². The van der Waals surface area contributed by atoms with E-state index in [4.69, 9.17) is 9.15 Å². The molecule has 104 valence electrons. The quantitative estimate of drug-likeness (QED) is 0.625. The Morgan fingerprint density at radius 3 is 2.90 bits per heavy atom. The first-order valence-electron chi connectivity index (χ1n) is 6.80. The largest absolute Gasteiger partial charge is 0.460 e. The van der Waals surface area contributed by atoms with Crippen LogP contribution in [-0.4, -0.2) is 12.6 Å². The Hall–Kier alpha value is -2.21. The van der Waals surface area contributed by atoms with Crippen molar-refractivity contribution in [2.24, 2.45) is 5.92 Å². The normalized spacial score (nSPS) is 10.4. The van der Waals surface area contributed by atoms with Crippen LogP contribution < -0.4 is 0 Å². The van der Waals surface area contributed by atoms with E-state index in [1.165, 1.54) is 0 Å². The molecular formula is C17H18O3. The number of ether oxygens (including phenoxy) is 1. The lowest BCUT2D eigenvalue weighted by molar-refractivity contribution is 0.0492. The van der Waals surface area contributed by atoms with Gasteiger partial charge in [0.15, 0.2) is 0 Å². The first kappa shape index (κ1) is 14.2. The van der Waals surface area contributed by atoms with Crippen LogP contribution in [0.15, 0.2) is 28.7 Å². The van der Waals surface area contributed by atoms with E-state index in [1.807, 2.05) is 18.2 Å². The lowest BCUT2D eigenvalue weighted by atomic mass is 10.1. The number of rotatable bonds is 3. The van der Waals surface area contributed by atoms with E-state index in [0.29, 0.717) is 18.1 Å². The molecule has 2 aromatic rings. The Morgan fingerprint density at radius 2 is 2.20 bits per heavy atom. The fraction of sp³-hybridized carbons (Fsp3) is 0.353. The Labute approximate surface area is 118 Å². The molecule has 1 aromatic carbocycles. The topological polar surface area (TPSA) is 39.4 Å². The van der Waals surface area contributed by atoms with Gasteiger partial charge in [0.25, 0.3) is 0 Å². The number of fused-ring (bicyclic) bond motifs is 1. The van der Waals surface area contributed by atoms with Gasteiger partial charge in [-0.05, 0) is 25.0 Å². The average molecular weight is 270 g/mol. The predicted octanol–water partition coefficient (Wildman–Crippen LogP) is 4.01. The van der Waals surface area contributed by atoms with Crippen molar-refractivity contribution in [3.8, 4) is 11.8 Å². The number of furan rings is 1. The summed E-state index contributed by atoms with van der Waals surface area (Å²) in [7, 11) is 0. The molecule has 1 aromatic heterocycles. The van der Waals surface area contributed by atoms with E-state index in [2.05, 4.69) is 25.7 Å². The van der Waals surface area contributed by atoms with Crippen molar-refractivity contribution in [1.29, 1.82) is 0 Å². The second-order valence-corrected chi connectivity index (χ2v) is 4.95. The molecule has 0 saturated heterocycles. The van der Waals surface area contributed by atoms with E-state index in [1.54, 1.807) is 13.0 Å². The molecule has 0 spiro atoms. The Balaban J connectivity index is 2.36. The van der Waals surface area contributed by atoms with Gasteiger partial charge in [-0.15, -0.1) is 0 Å². The molecule has 20 heavy (non-hydrogen) atoms. The minimum atomic E-state index is -0.440. The van der Waals surface area contributed by atoms with Crippen LogP contribution >= 0.6 is 0 Å². The summed E-state index contributed by atoms with van der Waals surface area (Å²) >= 11 is 0. The minimum absolute atomic E-state index is 0.222. The maximum atomic E-state index is 11.7. The van der Waals surface area contributed by atoms with Crippen LogP contribution in [0.4, 0.5) is 0 Å². The highest BCUT2D eigenvalue weighted by atomic mass is 16.5. The van der Waals surface area contributed by atoms with Gasteiger partial charge in [-0.2, -0.15) is 0 Å². The summed E-state index contributed by atoms with van der Waals surface area (Å²) in [5.41, 5.74) is 1.53. The molecule has 2 rings (SSSR count). The first-order chi connectivity index (χ1) is 9.61. The van der Waals surface area contributed by atoms with Crippen LogP contribution in [0.5, 0.6) is 0 Å². The van der Waals surface area contributed by atoms with Crippen molar-refractivity contribution in [3.63, 3.8) is 0 Å². The van der Waals surface area contributed by atoms with Crippen LogP contribution in [0.2, 0.25) is 0 Å². The molecule has 0 bridgehead atoms. The van der Waals surface area contributed by atoms with Crippen molar-refractivity contribution >= 4 is 16.9 Å². The summed E-state index contributed by atoms with van der Waals surface area (Å²) in [6.07, 6.45) is 0.846. The van der Waals surface area contributed by atoms with Gasteiger partial charge in [-0.25, -0.2) is 4.79 Å². The molecule has 0 aliphatic carbocycles. The number of carbonyl (C=O) groups is 1. The molecule has 0 aliphatic rings. The maximum absolute atomic E-state index is 11.7. The molecule has 1 heterocycles. The number of hydrogen-bond acceptors (Lipinski definition) is 3. The third-order valence-electron chi connectivity index (χ3n) is 2.77. The summed E-state index contributed by atoms with van der Waals surface area (Å²) in [6.45, 7) is 6.36. The fourth-order valence-corrected chi connectivity index (χ4v) is 1.82. The third kappa shape index (κ3) is 3.21. The second-order valence-electron chi connectivity index (χ2n) is 4.95. The van der Waals surface area contributed by atoms with Crippen LogP contribution in [0.3, 0.4) is 0 Å². The van der Waals surface area contributed by atoms with Crippen molar-refractivity contribution in [2.45, 2.75) is 27.2 Å². The Kier molecular flexibility index (Phi) is 4.47. The standard InChI is InChI=1S/C17H18O3/c1-4-19-17(18)16-11-14-13(8-5-7-12(2)3)9-6-10-15(14)20-16/h6,9-12H,4,7H2,1-3H3. The fourth-order valence-electron chi connectivity index (χ4n) is 1.82. The molecule has 0 saturated carbocycles. The molecular weight excluding hydrogens is 252 g/mol. The van der Waals surface area contributed by atoms with Crippen molar-refractivity contribution in [2.75, 3.05) is 6.61 Å². The number of esters is 1. The average Bonchev–Trinajstić information content (AvgIpc) is 2.83. The van der Waals surface area contributed by atoms with Crippen LogP contribution in [0.25, 0.3) is 11.0 Å². The lowest BCUT2D eigenvalue weighted by Crippen LogP contribution is -2.02. The van der Waals surface area contributed by atoms with Gasteiger partial charge in [-0.3, -0.25) is 0 Å².